The van der Waals surface area contributed by atoms with Crippen LogP contribution in [0.15, 0.2) is 73.2 Å². The molecule has 0 radical (unpaired) electrons. The first-order chi connectivity index (χ1) is 15.6. The molecule has 0 unspecified atom stereocenters. The van der Waals surface area contributed by atoms with Gasteiger partial charge in [0.15, 0.2) is 5.60 Å². The molecule has 2 aromatic carbocycles. The topological polar surface area (TPSA) is 84.4 Å². The van der Waals surface area contributed by atoms with Crippen LogP contribution in [0.25, 0.3) is 11.1 Å². The van der Waals surface area contributed by atoms with Crippen LogP contribution in [0.1, 0.15) is 23.0 Å². The van der Waals surface area contributed by atoms with Gasteiger partial charge in [0.1, 0.15) is 5.69 Å². The molecular weight excluding hydrogens is 404 g/mol. The average Bonchev–Trinajstić information content (AvgIpc) is 2.85. The molecule has 32 heavy (non-hydrogen) atoms. The van der Waals surface area contributed by atoms with Gasteiger partial charge < -0.3 is 15.0 Å². The van der Waals surface area contributed by atoms with Crippen molar-refractivity contribution < 1.29 is 14.3 Å². The number of carbonyl (C=O) groups excluding carboxylic acids is 2. The van der Waals surface area contributed by atoms with E-state index in [4.69, 9.17) is 4.74 Å². The highest BCUT2D eigenvalue weighted by molar-refractivity contribution is 5.93. The second-order valence-corrected chi connectivity index (χ2v) is 7.72. The van der Waals surface area contributed by atoms with Crippen LogP contribution >= 0.6 is 0 Å². The number of hydrogen-bond acceptors (Lipinski definition) is 5. The van der Waals surface area contributed by atoms with Crippen LogP contribution in [-0.4, -0.2) is 58.5 Å². The van der Waals surface area contributed by atoms with E-state index in [2.05, 4.69) is 15.3 Å². The Balaban J connectivity index is 1.68. The summed E-state index contributed by atoms with van der Waals surface area (Å²) in [6.07, 6.45) is 4.79. The number of amides is 2. The molecule has 7 heteroatoms. The average molecular weight is 431 g/mol. The summed E-state index contributed by atoms with van der Waals surface area (Å²) in [5, 5.41) is 2.90. The van der Waals surface area contributed by atoms with Crippen LogP contribution in [0.3, 0.4) is 0 Å². The molecule has 1 aliphatic rings. The summed E-state index contributed by atoms with van der Waals surface area (Å²) < 4.78 is 6.15. The predicted octanol–water partition coefficient (Wildman–Crippen LogP) is 2.73. The number of hydrogen-bond donors (Lipinski definition) is 1. The highest BCUT2D eigenvalue weighted by Crippen LogP contribution is 2.30. The van der Waals surface area contributed by atoms with Gasteiger partial charge in [0.25, 0.3) is 11.8 Å². The number of benzene rings is 2. The molecule has 2 heterocycles. The number of morpholine rings is 1. The normalized spacial score (nSPS) is 18.2. The fourth-order valence-corrected chi connectivity index (χ4v) is 4.06. The highest BCUT2D eigenvalue weighted by Gasteiger charge is 2.45. The van der Waals surface area contributed by atoms with Gasteiger partial charge in [-0.25, -0.2) is 4.98 Å². The van der Waals surface area contributed by atoms with Crippen molar-refractivity contribution in [3.05, 3.63) is 84.4 Å². The number of likely N-dealkylation sites (N-methyl/N-ethyl adjacent to an activating group) is 1. The second-order valence-electron chi connectivity index (χ2n) is 7.72. The molecule has 4 rings (SSSR count). The van der Waals surface area contributed by atoms with Crippen LogP contribution < -0.4 is 5.32 Å². The van der Waals surface area contributed by atoms with Gasteiger partial charge in [-0.2, -0.15) is 0 Å². The minimum atomic E-state index is -1.20. The lowest BCUT2D eigenvalue weighted by Crippen LogP contribution is -2.62. The molecule has 0 spiro atoms. The zero-order chi connectivity index (χ0) is 22.4. The molecule has 2 amide bonds. The third-order valence-electron chi connectivity index (χ3n) is 5.58. The quantitative estimate of drug-likeness (QED) is 0.650. The fourth-order valence-electron chi connectivity index (χ4n) is 4.06. The Morgan fingerprint density at radius 3 is 2.62 bits per heavy atom. The van der Waals surface area contributed by atoms with E-state index in [1.54, 1.807) is 4.90 Å². The van der Waals surface area contributed by atoms with Crippen molar-refractivity contribution in [3.63, 3.8) is 0 Å². The zero-order valence-electron chi connectivity index (χ0n) is 18.0. The Morgan fingerprint density at radius 2 is 1.88 bits per heavy atom. The Labute approximate surface area is 187 Å². The first-order valence-electron chi connectivity index (χ1n) is 10.7. The van der Waals surface area contributed by atoms with E-state index < -0.39 is 5.60 Å². The minimum Gasteiger partial charge on any atom is -0.361 e. The number of nitrogens with zero attached hydrogens (tertiary/aromatic N) is 3. The molecule has 0 saturated carbocycles. The van der Waals surface area contributed by atoms with Crippen molar-refractivity contribution in [3.8, 4) is 11.1 Å². The number of rotatable bonds is 6. The monoisotopic (exact) mass is 430 g/mol. The number of aromatic nitrogens is 2. The SMILES string of the molecule is CCNC(=O)[C@]1(Cc2ccccc2-c2ccccc2)CN(C(=O)c2cnccn2)CCO1. The lowest BCUT2D eigenvalue weighted by molar-refractivity contribution is -0.157. The van der Waals surface area contributed by atoms with Crippen LogP contribution in [0, 0.1) is 0 Å². The maximum Gasteiger partial charge on any atom is 0.274 e. The van der Waals surface area contributed by atoms with Crippen molar-refractivity contribution in [2.75, 3.05) is 26.2 Å². The van der Waals surface area contributed by atoms with Crippen molar-refractivity contribution >= 4 is 11.8 Å². The smallest absolute Gasteiger partial charge is 0.274 e. The molecular formula is C25H26N4O3. The standard InChI is InChI=1S/C25H26N4O3/c1-2-27-24(31)25(16-20-10-6-7-11-21(20)19-8-4-3-5-9-19)18-29(14-15-32-25)23(30)22-17-26-12-13-28-22/h3-13,17H,2,14-16,18H2,1H3,(H,27,31)/t25-/m0/s1. The summed E-state index contributed by atoms with van der Waals surface area (Å²) in [6.45, 7) is 3.13. The molecule has 7 nitrogen and oxygen atoms in total. The number of nitrogens with one attached hydrogen (secondary N) is 1. The molecule has 1 atom stereocenters. The predicted molar refractivity (Wildman–Crippen MR) is 121 cm³/mol. The van der Waals surface area contributed by atoms with Crippen molar-refractivity contribution in [1.82, 2.24) is 20.2 Å². The van der Waals surface area contributed by atoms with Gasteiger partial charge in [0.05, 0.1) is 19.3 Å². The third-order valence-corrected chi connectivity index (χ3v) is 5.58. The summed E-state index contributed by atoms with van der Waals surface area (Å²) in [5.74, 6) is -0.481. The molecule has 1 fully saturated rings. The first-order valence-corrected chi connectivity index (χ1v) is 10.7. The van der Waals surface area contributed by atoms with Gasteiger partial charge in [0, 0.05) is 31.9 Å². The van der Waals surface area contributed by atoms with E-state index in [-0.39, 0.29) is 30.7 Å². The van der Waals surface area contributed by atoms with E-state index in [9.17, 15) is 9.59 Å². The number of ether oxygens (including phenoxy) is 1. The lowest BCUT2D eigenvalue weighted by atomic mass is 9.87. The summed E-state index contributed by atoms with van der Waals surface area (Å²) in [6, 6.07) is 18.0. The van der Waals surface area contributed by atoms with Crippen molar-refractivity contribution in [1.29, 1.82) is 0 Å². The Bertz CT molecular complexity index is 1070. The van der Waals surface area contributed by atoms with Gasteiger partial charge >= 0.3 is 0 Å². The van der Waals surface area contributed by atoms with Crippen molar-refractivity contribution in [2.24, 2.45) is 0 Å². The van der Waals surface area contributed by atoms with Crippen LogP contribution in [-0.2, 0) is 16.0 Å². The second kappa shape index (κ2) is 9.70. The van der Waals surface area contributed by atoms with E-state index in [0.29, 0.717) is 19.5 Å². The van der Waals surface area contributed by atoms with E-state index >= 15 is 0 Å². The third kappa shape index (κ3) is 4.53. The molecule has 1 aliphatic heterocycles. The molecule has 1 saturated heterocycles. The Morgan fingerprint density at radius 1 is 1.09 bits per heavy atom. The van der Waals surface area contributed by atoms with Gasteiger partial charge in [-0.05, 0) is 23.6 Å². The van der Waals surface area contributed by atoms with Crippen LogP contribution in [0.2, 0.25) is 0 Å². The summed E-state index contributed by atoms with van der Waals surface area (Å²) in [5.41, 5.74) is 2.15. The molecule has 1 N–H and O–H groups in total. The Kier molecular flexibility index (Phi) is 6.56. The molecule has 3 aromatic rings. The molecule has 164 valence electrons. The largest absolute Gasteiger partial charge is 0.361 e. The fraction of sp³-hybridized carbons (Fsp3) is 0.280. The van der Waals surface area contributed by atoms with E-state index in [1.165, 1.54) is 18.6 Å². The zero-order valence-corrected chi connectivity index (χ0v) is 18.0. The van der Waals surface area contributed by atoms with Gasteiger partial charge in [-0.1, -0.05) is 54.6 Å². The summed E-state index contributed by atoms with van der Waals surface area (Å²) in [4.78, 5) is 36.1. The molecule has 0 bridgehead atoms. The van der Waals surface area contributed by atoms with Crippen LogP contribution in [0.4, 0.5) is 0 Å². The van der Waals surface area contributed by atoms with Gasteiger partial charge in [0.2, 0.25) is 0 Å². The molecule has 1 aromatic heterocycles. The van der Waals surface area contributed by atoms with Gasteiger partial charge in [-0.15, -0.1) is 0 Å². The van der Waals surface area contributed by atoms with E-state index in [0.717, 1.165) is 16.7 Å². The summed E-state index contributed by atoms with van der Waals surface area (Å²) in [7, 11) is 0. The minimum absolute atomic E-state index is 0.136. The maximum absolute atomic E-state index is 13.3. The first kappa shape index (κ1) is 21.6. The number of carbonyl (C=O) groups is 2. The maximum atomic E-state index is 13.3. The molecule has 0 aliphatic carbocycles. The van der Waals surface area contributed by atoms with Crippen LogP contribution in [0.5, 0.6) is 0 Å². The van der Waals surface area contributed by atoms with E-state index in [1.807, 2.05) is 61.5 Å². The lowest BCUT2D eigenvalue weighted by Gasteiger charge is -2.41. The Hall–Kier alpha value is -3.58. The van der Waals surface area contributed by atoms with Gasteiger partial charge in [-0.3, -0.25) is 14.6 Å². The highest BCUT2D eigenvalue weighted by atomic mass is 16.5. The van der Waals surface area contributed by atoms with Crippen molar-refractivity contribution in [2.45, 2.75) is 18.9 Å². The summed E-state index contributed by atoms with van der Waals surface area (Å²) >= 11 is 0.